The molecule has 2 heteroatoms. The molecule has 0 bridgehead atoms. The highest BCUT2D eigenvalue weighted by Gasteiger charge is 2.45. The van der Waals surface area contributed by atoms with E-state index in [4.69, 9.17) is 0 Å². The van der Waals surface area contributed by atoms with Gasteiger partial charge in [-0.25, -0.2) is 0 Å². The molecule has 3 rings (SSSR count). The second-order valence-corrected chi connectivity index (χ2v) is 5.28. The fourth-order valence-corrected chi connectivity index (χ4v) is 3.05. The topological polar surface area (TPSA) is 20.3 Å². The van der Waals surface area contributed by atoms with Crippen molar-refractivity contribution in [3.8, 4) is 0 Å². The Labute approximate surface area is 102 Å². The molecular weight excluding hydrogens is 210 g/mol. The zero-order valence-electron chi connectivity index (χ0n) is 10.1. The van der Waals surface area contributed by atoms with Gasteiger partial charge in [0, 0.05) is 23.2 Å². The summed E-state index contributed by atoms with van der Waals surface area (Å²) in [5, 5.41) is 0. The number of carbonyl (C=O) groups excluding carboxylic acids is 1. The van der Waals surface area contributed by atoms with Crippen LogP contribution >= 0.6 is 0 Å². The monoisotopic (exact) mass is 227 g/mol. The Hall–Kier alpha value is -1.57. The van der Waals surface area contributed by atoms with E-state index in [2.05, 4.69) is 13.0 Å². The third-order valence-corrected chi connectivity index (χ3v) is 3.93. The summed E-state index contributed by atoms with van der Waals surface area (Å²) in [5.74, 6) is 0.242. The standard InChI is InChI=1S/C15H17NO/c1-15-10-6-5-9-13(15)16(14(17)11-15)12-7-3-2-4-8-12/h2-4,7-9H,5-6,10-11H2,1H3. The Morgan fingerprint density at radius 3 is 2.76 bits per heavy atom. The van der Waals surface area contributed by atoms with E-state index < -0.39 is 0 Å². The molecule has 1 aliphatic heterocycles. The van der Waals surface area contributed by atoms with Crippen LogP contribution in [0, 0.1) is 5.41 Å². The van der Waals surface area contributed by atoms with Crippen molar-refractivity contribution < 1.29 is 4.79 Å². The Balaban J connectivity index is 2.06. The highest BCUT2D eigenvalue weighted by atomic mass is 16.2. The average Bonchev–Trinajstić information content (AvgIpc) is 2.60. The van der Waals surface area contributed by atoms with Crippen molar-refractivity contribution in [2.45, 2.75) is 32.6 Å². The largest absolute Gasteiger partial charge is 0.285 e. The highest BCUT2D eigenvalue weighted by molar-refractivity contribution is 6.00. The number of fused-ring (bicyclic) bond motifs is 1. The lowest BCUT2D eigenvalue weighted by Crippen LogP contribution is -2.26. The molecule has 17 heavy (non-hydrogen) atoms. The Morgan fingerprint density at radius 2 is 2.00 bits per heavy atom. The molecule has 1 aromatic carbocycles. The first-order valence-electron chi connectivity index (χ1n) is 6.29. The number of anilines is 1. The minimum Gasteiger partial charge on any atom is -0.285 e. The van der Waals surface area contributed by atoms with E-state index in [0.29, 0.717) is 6.42 Å². The van der Waals surface area contributed by atoms with E-state index in [1.54, 1.807) is 0 Å². The van der Waals surface area contributed by atoms with Gasteiger partial charge in [-0.3, -0.25) is 9.69 Å². The Bertz CT molecular complexity index is 477. The van der Waals surface area contributed by atoms with Gasteiger partial charge in [-0.2, -0.15) is 0 Å². The fourth-order valence-electron chi connectivity index (χ4n) is 3.05. The zero-order valence-corrected chi connectivity index (χ0v) is 10.1. The van der Waals surface area contributed by atoms with Crippen LogP contribution in [0.2, 0.25) is 0 Å². The predicted molar refractivity (Wildman–Crippen MR) is 68.6 cm³/mol. The maximum Gasteiger partial charge on any atom is 0.232 e. The van der Waals surface area contributed by atoms with Gasteiger partial charge in [-0.1, -0.05) is 31.2 Å². The summed E-state index contributed by atoms with van der Waals surface area (Å²) in [5.41, 5.74) is 2.31. The first-order valence-corrected chi connectivity index (χ1v) is 6.29. The van der Waals surface area contributed by atoms with Crippen LogP contribution in [-0.2, 0) is 4.79 Å². The van der Waals surface area contributed by atoms with Crippen molar-refractivity contribution >= 4 is 11.6 Å². The molecule has 0 saturated carbocycles. The number of para-hydroxylation sites is 1. The maximum absolute atomic E-state index is 12.2. The zero-order chi connectivity index (χ0) is 11.9. The second-order valence-electron chi connectivity index (χ2n) is 5.28. The summed E-state index contributed by atoms with van der Waals surface area (Å²) in [6.07, 6.45) is 6.35. The molecule has 1 aliphatic carbocycles. The lowest BCUT2D eigenvalue weighted by Gasteiger charge is -2.31. The van der Waals surface area contributed by atoms with E-state index in [-0.39, 0.29) is 11.3 Å². The first-order chi connectivity index (χ1) is 8.21. The minimum absolute atomic E-state index is 0.0746. The number of carbonyl (C=O) groups is 1. The van der Waals surface area contributed by atoms with Gasteiger partial charge in [0.25, 0.3) is 0 Å². The van der Waals surface area contributed by atoms with Gasteiger partial charge in [-0.15, -0.1) is 0 Å². The normalized spacial score (nSPS) is 27.9. The summed E-state index contributed by atoms with van der Waals surface area (Å²) in [6, 6.07) is 9.99. The van der Waals surface area contributed by atoms with Crippen LogP contribution in [0.25, 0.3) is 0 Å². The lowest BCUT2D eigenvalue weighted by molar-refractivity contribution is -0.117. The van der Waals surface area contributed by atoms with Crippen LogP contribution in [0.3, 0.4) is 0 Å². The molecule has 1 heterocycles. The summed E-state index contributed by atoms with van der Waals surface area (Å²) in [6.45, 7) is 2.22. The Kier molecular flexibility index (Phi) is 2.32. The third kappa shape index (κ3) is 1.59. The number of benzene rings is 1. The molecule has 1 fully saturated rings. The van der Waals surface area contributed by atoms with Gasteiger partial charge in [0.1, 0.15) is 0 Å². The molecule has 1 saturated heterocycles. The van der Waals surface area contributed by atoms with Gasteiger partial charge in [0.05, 0.1) is 0 Å². The first kappa shape index (κ1) is 10.6. The van der Waals surface area contributed by atoms with Crippen LogP contribution in [0.5, 0.6) is 0 Å². The van der Waals surface area contributed by atoms with Crippen LogP contribution in [0.15, 0.2) is 42.1 Å². The summed E-state index contributed by atoms with van der Waals surface area (Å²) in [7, 11) is 0. The molecule has 0 aromatic heterocycles. The molecule has 2 nitrogen and oxygen atoms in total. The number of amides is 1. The number of hydrogen-bond acceptors (Lipinski definition) is 1. The molecule has 88 valence electrons. The van der Waals surface area contributed by atoms with Crippen molar-refractivity contribution in [2.75, 3.05) is 4.90 Å². The summed E-state index contributed by atoms with van der Waals surface area (Å²) in [4.78, 5) is 14.1. The van der Waals surface area contributed by atoms with Gasteiger partial charge < -0.3 is 0 Å². The van der Waals surface area contributed by atoms with E-state index in [1.807, 2.05) is 35.2 Å². The lowest BCUT2D eigenvalue weighted by atomic mass is 9.77. The predicted octanol–water partition coefficient (Wildman–Crippen LogP) is 3.50. The molecule has 0 radical (unpaired) electrons. The van der Waals surface area contributed by atoms with Gasteiger partial charge in [0.15, 0.2) is 0 Å². The molecule has 0 N–H and O–H groups in total. The summed E-state index contributed by atoms with van der Waals surface area (Å²) >= 11 is 0. The quantitative estimate of drug-likeness (QED) is 0.719. The van der Waals surface area contributed by atoms with Crippen LogP contribution in [0.4, 0.5) is 5.69 Å². The molecule has 0 spiro atoms. The smallest absolute Gasteiger partial charge is 0.232 e. The molecule has 1 amide bonds. The molecule has 1 unspecified atom stereocenters. The van der Waals surface area contributed by atoms with E-state index in [1.165, 1.54) is 12.1 Å². The second kappa shape index (κ2) is 3.73. The van der Waals surface area contributed by atoms with Crippen molar-refractivity contribution in [1.82, 2.24) is 0 Å². The molecular formula is C15H17NO. The van der Waals surface area contributed by atoms with E-state index in [0.717, 1.165) is 18.5 Å². The average molecular weight is 227 g/mol. The fraction of sp³-hybridized carbons (Fsp3) is 0.400. The Morgan fingerprint density at radius 1 is 1.24 bits per heavy atom. The van der Waals surface area contributed by atoms with Crippen molar-refractivity contribution in [1.29, 1.82) is 0 Å². The van der Waals surface area contributed by atoms with Crippen LogP contribution in [-0.4, -0.2) is 5.91 Å². The van der Waals surface area contributed by atoms with E-state index in [9.17, 15) is 4.79 Å². The van der Waals surface area contributed by atoms with Crippen molar-refractivity contribution in [3.63, 3.8) is 0 Å². The molecule has 2 aliphatic rings. The van der Waals surface area contributed by atoms with Crippen molar-refractivity contribution in [2.24, 2.45) is 5.41 Å². The number of nitrogens with zero attached hydrogens (tertiary/aromatic N) is 1. The number of hydrogen-bond donors (Lipinski definition) is 0. The van der Waals surface area contributed by atoms with Gasteiger partial charge in [-0.05, 0) is 31.4 Å². The van der Waals surface area contributed by atoms with Gasteiger partial charge in [0.2, 0.25) is 5.91 Å². The maximum atomic E-state index is 12.2. The SMILES string of the molecule is CC12CCCC=C1N(c1ccccc1)C(=O)C2. The van der Waals surface area contributed by atoms with Crippen molar-refractivity contribution in [3.05, 3.63) is 42.1 Å². The van der Waals surface area contributed by atoms with Gasteiger partial charge >= 0.3 is 0 Å². The van der Waals surface area contributed by atoms with Crippen LogP contribution in [0.1, 0.15) is 32.6 Å². The minimum atomic E-state index is 0.0746. The van der Waals surface area contributed by atoms with Crippen LogP contribution < -0.4 is 4.90 Å². The molecule has 1 aromatic rings. The van der Waals surface area contributed by atoms with E-state index >= 15 is 0 Å². The molecule has 1 atom stereocenters. The number of rotatable bonds is 1. The highest BCUT2D eigenvalue weighted by Crippen LogP contribution is 2.48. The summed E-state index contributed by atoms with van der Waals surface area (Å²) < 4.78 is 0. The third-order valence-electron chi connectivity index (χ3n) is 3.93. The number of allylic oxidation sites excluding steroid dienone is 2.